The number of alkyl carbamates (subject to hydrolysis) is 1. The van der Waals surface area contributed by atoms with Crippen molar-refractivity contribution in [2.24, 2.45) is 10.8 Å². The summed E-state index contributed by atoms with van der Waals surface area (Å²) in [5, 5.41) is 45.4. The van der Waals surface area contributed by atoms with E-state index in [9.17, 15) is 49.8 Å². The van der Waals surface area contributed by atoms with Gasteiger partial charge in [0.25, 0.3) is 0 Å². The summed E-state index contributed by atoms with van der Waals surface area (Å²) in [5.41, 5.74) is -0.688. The van der Waals surface area contributed by atoms with Crippen molar-refractivity contribution in [2.75, 3.05) is 45.1 Å². The lowest BCUT2D eigenvalue weighted by atomic mass is 9.88. The molecule has 26 heteroatoms. The van der Waals surface area contributed by atoms with Gasteiger partial charge in [-0.3, -0.25) is 4.79 Å². The molecule has 0 unspecified atom stereocenters. The first-order chi connectivity index (χ1) is 38.3. The van der Waals surface area contributed by atoms with E-state index in [2.05, 4.69) is 11.4 Å². The second-order valence-electron chi connectivity index (χ2n) is 21.7. The normalized spacial score (nSPS) is 14.6. The van der Waals surface area contributed by atoms with Gasteiger partial charge in [-0.15, -0.1) is 23.2 Å². The number of nitrogens with zero attached hydrogens (tertiary/aromatic N) is 4. The molecule has 0 saturated carbocycles. The van der Waals surface area contributed by atoms with E-state index in [4.69, 9.17) is 57.4 Å². The quantitative estimate of drug-likeness (QED) is 0.0477. The third kappa shape index (κ3) is 21.6. The minimum Gasteiger partial charge on any atom is -0.454 e. The summed E-state index contributed by atoms with van der Waals surface area (Å²) in [6.45, 7) is 11.3. The number of carbonyl (C=O) groups is 2. The highest BCUT2D eigenvalue weighted by Crippen LogP contribution is 2.38. The fourth-order valence-electron chi connectivity index (χ4n) is 8.45. The number of rotatable bonds is 24. The van der Waals surface area contributed by atoms with Gasteiger partial charge in [0, 0.05) is 51.2 Å². The molecule has 0 bridgehead atoms. The Kier molecular flexibility index (Phi) is 25.4. The van der Waals surface area contributed by atoms with Crippen LogP contribution in [0.2, 0.25) is 0 Å². The molecule has 2 amide bonds. The van der Waals surface area contributed by atoms with Crippen LogP contribution in [0.25, 0.3) is 0 Å². The first-order valence-electron chi connectivity index (χ1n) is 25.8. The number of fused-ring (bicyclic) bond motifs is 2. The van der Waals surface area contributed by atoms with E-state index in [1.807, 2.05) is 55.6 Å². The molecule has 6 rings (SSSR count). The molecule has 0 aromatic heterocycles. The van der Waals surface area contributed by atoms with Crippen molar-refractivity contribution < 1.29 is 73.5 Å². The Morgan fingerprint density at radius 1 is 0.634 bits per heavy atom. The minimum absolute atomic E-state index is 0.0000454. The first kappa shape index (κ1) is 68.4. The number of alkyl halides is 5. The highest BCUT2D eigenvalue weighted by atomic mass is 35.5. The number of amides is 2. The number of ether oxygens (including phenoxy) is 5. The monoisotopic (exact) mass is 1230 g/mol. The smallest absolute Gasteiger partial charge is 0.454 e. The van der Waals surface area contributed by atoms with Crippen LogP contribution >= 0.6 is 23.2 Å². The number of aliphatic hydroxyl groups excluding tert-OH is 2. The molecule has 0 saturated heterocycles. The Hall–Kier alpha value is -6.09. The van der Waals surface area contributed by atoms with E-state index >= 15 is 0 Å². The van der Waals surface area contributed by atoms with E-state index < -0.39 is 85.5 Å². The lowest BCUT2D eigenvalue weighted by Gasteiger charge is -2.35. The van der Waals surface area contributed by atoms with Gasteiger partial charge < -0.3 is 44.5 Å². The third-order valence-corrected chi connectivity index (χ3v) is 16.2. The van der Waals surface area contributed by atoms with Crippen molar-refractivity contribution in [1.82, 2.24) is 19.2 Å². The van der Waals surface area contributed by atoms with Crippen LogP contribution < -0.4 is 29.6 Å². The second kappa shape index (κ2) is 30.5. The predicted molar refractivity (Wildman–Crippen MR) is 300 cm³/mol. The Balaban J connectivity index is 0.000000336. The molecule has 4 N–H and O–H groups in total. The lowest BCUT2D eigenvalue weighted by Crippen LogP contribution is -2.54. The summed E-state index contributed by atoms with van der Waals surface area (Å²) in [5.74, 6) is -0.919. The van der Waals surface area contributed by atoms with Gasteiger partial charge in [-0.2, -0.15) is 32.3 Å². The summed E-state index contributed by atoms with van der Waals surface area (Å²) in [4.78, 5) is 24.3. The second-order valence-corrected chi connectivity index (χ2v) is 26.4. The Morgan fingerprint density at radius 2 is 1.00 bits per heavy atom. The summed E-state index contributed by atoms with van der Waals surface area (Å²) in [6.07, 6.45) is -7.68. The Bertz CT molecular complexity index is 3040. The lowest BCUT2D eigenvalue weighted by molar-refractivity contribution is -0.175. The van der Waals surface area contributed by atoms with E-state index in [1.54, 1.807) is 65.0 Å². The van der Waals surface area contributed by atoms with Crippen LogP contribution in [-0.2, 0) is 42.4 Å². The molecule has 4 atom stereocenters. The van der Waals surface area contributed by atoms with E-state index in [-0.39, 0.29) is 79.8 Å². The van der Waals surface area contributed by atoms with Crippen molar-refractivity contribution in [3.05, 3.63) is 108 Å². The van der Waals surface area contributed by atoms with Gasteiger partial charge in [-0.25, -0.2) is 21.6 Å². The number of carbonyl (C=O) groups excluding carboxylic acids is 2. The van der Waals surface area contributed by atoms with Gasteiger partial charge in [0.15, 0.2) is 23.0 Å². The van der Waals surface area contributed by atoms with Crippen LogP contribution in [0, 0.1) is 33.5 Å². The average Bonchev–Trinajstić information content (AvgIpc) is 4.22. The van der Waals surface area contributed by atoms with Crippen molar-refractivity contribution in [2.45, 2.75) is 133 Å². The number of sulfonamides is 2. The first-order valence-corrected chi connectivity index (χ1v) is 29.8. The van der Waals surface area contributed by atoms with Crippen LogP contribution in [0.3, 0.4) is 0 Å². The zero-order valence-electron chi connectivity index (χ0n) is 46.6. The number of benzene rings is 4. The maximum absolute atomic E-state index is 14.0. The fraction of sp³-hybridized carbons (Fsp3) is 0.500. The summed E-state index contributed by atoms with van der Waals surface area (Å²) in [6, 6.07) is 27.7. The average molecular weight is 1230 g/mol. The highest BCUT2D eigenvalue weighted by molar-refractivity contribution is 7.89. The standard InChI is InChI=1S/C29H39N3O7S.C26H30F3N3O6S.CH2Cl2/c1-28(2,3)39-27(34)31-23(16-21-10-7-6-8-11-21)24(33)18-32(19-29(4,5)14-9-15-30)40(35,36)22-12-13-25-26(17-22)38-20-37-25;1-25(2,11-6-12-30)16-32(39(35,36)19-9-10-22-23(14-19)38-17-37-22)15-21(33)20(31-24(34)26(27,28)29)13-18-7-4-3-5-8-18;2-1-3/h6-8,10-13,17,23-24,33H,9,14,16,18-20H2,1-5H3,(H,31,34);3-5,7-10,14,20-21,33H,6,11,13,15-17H2,1-2H3,(H,31,34);1H2/t23-,24+;20-,21+;/m00./s1. The van der Waals surface area contributed by atoms with Crippen molar-refractivity contribution >= 4 is 55.2 Å². The van der Waals surface area contributed by atoms with Gasteiger partial charge in [0.2, 0.25) is 33.6 Å². The fourth-order valence-corrected chi connectivity index (χ4v) is 11.8. The maximum atomic E-state index is 14.0. The molecule has 0 aliphatic carbocycles. The number of aliphatic hydroxyl groups is 2. The molecular formula is C56H71Cl2F3N6O13S2. The van der Waals surface area contributed by atoms with E-state index in [0.717, 1.165) is 9.87 Å². The molecule has 0 radical (unpaired) electrons. The number of nitriles is 2. The zero-order chi connectivity index (χ0) is 61.1. The molecule has 19 nitrogen and oxygen atoms in total. The summed E-state index contributed by atoms with van der Waals surface area (Å²) < 4.78 is 124. The maximum Gasteiger partial charge on any atom is 0.471 e. The van der Waals surface area contributed by atoms with E-state index in [1.165, 1.54) is 40.7 Å². The van der Waals surface area contributed by atoms with Crippen LogP contribution in [0.4, 0.5) is 18.0 Å². The molecular weight excluding hydrogens is 1160 g/mol. The molecule has 0 fully saturated rings. The van der Waals surface area contributed by atoms with Crippen molar-refractivity contribution in [1.29, 1.82) is 10.5 Å². The molecule has 2 aliphatic heterocycles. The van der Waals surface area contributed by atoms with Crippen LogP contribution in [0.1, 0.15) is 85.3 Å². The Labute approximate surface area is 488 Å². The highest BCUT2D eigenvalue weighted by Gasteiger charge is 2.42. The van der Waals surface area contributed by atoms with E-state index in [0.29, 0.717) is 35.7 Å². The molecule has 2 aliphatic rings. The van der Waals surface area contributed by atoms with Crippen LogP contribution in [0.5, 0.6) is 23.0 Å². The zero-order valence-corrected chi connectivity index (χ0v) is 49.8. The van der Waals surface area contributed by atoms with Crippen molar-refractivity contribution in [3.8, 4) is 35.1 Å². The molecule has 450 valence electrons. The van der Waals surface area contributed by atoms with Gasteiger partial charge >= 0.3 is 18.2 Å². The summed E-state index contributed by atoms with van der Waals surface area (Å²) >= 11 is 9.53. The topological polar surface area (TPSA) is 267 Å². The van der Waals surface area contributed by atoms with Gasteiger partial charge in [-0.05, 0) is 92.7 Å². The number of hydrogen-bond acceptors (Lipinski definition) is 15. The predicted octanol–water partition coefficient (Wildman–Crippen LogP) is 9.04. The Morgan fingerprint density at radius 3 is 1.35 bits per heavy atom. The molecule has 82 heavy (non-hydrogen) atoms. The molecule has 2 heterocycles. The number of hydrogen-bond donors (Lipinski definition) is 4. The van der Waals surface area contributed by atoms with Gasteiger partial charge in [0.1, 0.15) is 5.60 Å². The van der Waals surface area contributed by atoms with Gasteiger partial charge in [-0.1, -0.05) is 88.4 Å². The molecule has 4 aromatic rings. The number of nitrogens with one attached hydrogen (secondary N) is 2. The van der Waals surface area contributed by atoms with Crippen molar-refractivity contribution in [3.63, 3.8) is 0 Å². The van der Waals surface area contributed by atoms with Crippen LogP contribution in [-0.4, -0.2) is 129 Å². The van der Waals surface area contributed by atoms with Crippen LogP contribution in [0.15, 0.2) is 107 Å². The SMILES string of the molecule is CC(C)(CCC#N)CN(C[C@@H](O)[C@H](Cc1ccccc1)NC(=O)C(F)(F)F)S(=O)(=O)c1ccc2c(c1)OCO2.CC(C)(CCC#N)CN(C[C@@H](O)[C@H](Cc1ccccc1)NC(=O)OC(C)(C)C)S(=O)(=O)c1ccc2c(c1)OCO2.ClCCl. The van der Waals surface area contributed by atoms with Gasteiger partial charge in [0.05, 0.1) is 51.6 Å². The number of halogens is 5. The largest absolute Gasteiger partial charge is 0.471 e. The summed E-state index contributed by atoms with van der Waals surface area (Å²) in [7, 11) is -8.45. The third-order valence-electron chi connectivity index (χ3n) is 12.6. The minimum atomic E-state index is -5.20. The molecule has 4 aromatic carbocycles. The molecule has 0 spiro atoms.